The van der Waals surface area contributed by atoms with Crippen molar-refractivity contribution in [1.82, 2.24) is 17.6 Å². The van der Waals surface area contributed by atoms with Gasteiger partial charge in [-0.3, -0.25) is 4.79 Å². The van der Waals surface area contributed by atoms with Crippen LogP contribution in [0.4, 0.5) is 0 Å². The maximum absolute atomic E-state index is 13.3. The van der Waals surface area contributed by atoms with E-state index in [0.717, 1.165) is 23.8 Å². The van der Waals surface area contributed by atoms with Crippen molar-refractivity contribution in [2.24, 2.45) is 5.92 Å². The second kappa shape index (κ2) is 5.70. The van der Waals surface area contributed by atoms with E-state index in [1.807, 2.05) is 6.07 Å². The number of aromatic nitrogens is 3. The number of rotatable bonds is 2. The Morgan fingerprint density at radius 1 is 1.04 bits per heavy atom. The topological polar surface area (TPSA) is 85.2 Å². The van der Waals surface area contributed by atoms with Crippen LogP contribution in [0.1, 0.15) is 18.0 Å². The van der Waals surface area contributed by atoms with Gasteiger partial charge in [0, 0.05) is 37.3 Å². The second-order valence-electron chi connectivity index (χ2n) is 6.91. The van der Waals surface area contributed by atoms with Gasteiger partial charge in [0.25, 0.3) is 5.56 Å². The van der Waals surface area contributed by atoms with Crippen LogP contribution in [0.2, 0.25) is 0 Å². The third-order valence-electron chi connectivity index (χ3n) is 5.31. The molecule has 2 unspecified atom stereocenters. The van der Waals surface area contributed by atoms with Gasteiger partial charge in [-0.1, -0.05) is 12.1 Å². The molecule has 2 atom stereocenters. The normalized spacial score (nSPS) is 23.1. The maximum atomic E-state index is 13.3. The Kier molecular flexibility index (Phi) is 3.53. The Labute approximate surface area is 154 Å². The molecule has 2 aliphatic rings. The van der Waals surface area contributed by atoms with Gasteiger partial charge < -0.3 is 4.57 Å². The minimum Gasteiger partial charge on any atom is -0.312 e. The number of pyridine rings is 1. The van der Waals surface area contributed by atoms with Gasteiger partial charge in [-0.05, 0) is 30.5 Å². The second-order valence-corrected chi connectivity index (χ2v) is 9.34. The lowest BCUT2D eigenvalue weighted by Gasteiger charge is -2.42. The molecule has 2 bridgehead atoms. The van der Waals surface area contributed by atoms with Gasteiger partial charge >= 0.3 is 0 Å². The first-order valence-corrected chi connectivity index (χ1v) is 10.6. The average molecular weight is 388 g/mol. The van der Waals surface area contributed by atoms with Crippen molar-refractivity contribution in [2.45, 2.75) is 23.8 Å². The number of benzene rings is 1. The van der Waals surface area contributed by atoms with E-state index in [0.29, 0.717) is 30.7 Å². The predicted octanol–water partition coefficient (Wildman–Crippen LogP) is 1.66. The summed E-state index contributed by atoms with van der Waals surface area (Å²) in [7, 11) is -3.66. The largest absolute Gasteiger partial charge is 0.312 e. The Morgan fingerprint density at radius 3 is 2.77 bits per heavy atom. The summed E-state index contributed by atoms with van der Waals surface area (Å²) >= 11 is 1.02. The summed E-state index contributed by atoms with van der Waals surface area (Å²) in [5, 5.41) is 0. The molecule has 3 aromatic rings. The van der Waals surface area contributed by atoms with Gasteiger partial charge in [0.1, 0.15) is 15.9 Å². The van der Waals surface area contributed by atoms with E-state index in [9.17, 15) is 13.2 Å². The average Bonchev–Trinajstić information content (AvgIpc) is 3.11. The minimum absolute atomic E-state index is 0.00757. The summed E-state index contributed by atoms with van der Waals surface area (Å²) in [6.07, 6.45) is 0.915. The minimum atomic E-state index is -3.66. The molecule has 2 aromatic heterocycles. The monoisotopic (exact) mass is 388 g/mol. The zero-order chi connectivity index (χ0) is 17.9. The number of hydrogen-bond donors (Lipinski definition) is 0. The molecule has 1 saturated heterocycles. The van der Waals surface area contributed by atoms with Gasteiger partial charge in [-0.25, -0.2) is 8.42 Å². The molecule has 0 N–H and O–H groups in total. The van der Waals surface area contributed by atoms with Crippen molar-refractivity contribution in [3.8, 4) is 0 Å². The first kappa shape index (κ1) is 16.1. The quantitative estimate of drug-likeness (QED) is 0.667. The Bertz CT molecular complexity index is 1170. The molecular formula is C17H16N4O3S2. The Balaban J connectivity index is 1.56. The molecule has 1 fully saturated rings. The fourth-order valence-corrected chi connectivity index (χ4v) is 6.49. The van der Waals surface area contributed by atoms with Crippen molar-refractivity contribution in [3.05, 3.63) is 52.4 Å². The van der Waals surface area contributed by atoms with Crippen molar-refractivity contribution in [2.75, 3.05) is 13.1 Å². The first-order valence-electron chi connectivity index (χ1n) is 8.45. The standard InChI is InChI=1S/C17H16N4O3S2/c22-16-6-2-4-14-12-7-11(9-21(14)16)8-20(10-12)26(23,24)15-5-1-3-13-17(15)19-25-18-13/h1-6,11-12H,7-10H2. The summed E-state index contributed by atoms with van der Waals surface area (Å²) in [5.41, 5.74) is 1.96. The SMILES string of the molecule is O=c1cccc2n1CC1CC2CN(S(=O)(=O)c2cccc3nsnc23)C1. The highest BCUT2D eigenvalue weighted by molar-refractivity contribution is 7.89. The zero-order valence-corrected chi connectivity index (χ0v) is 15.4. The van der Waals surface area contributed by atoms with E-state index < -0.39 is 10.0 Å². The highest BCUT2D eigenvalue weighted by Crippen LogP contribution is 2.37. The van der Waals surface area contributed by atoms with Gasteiger partial charge in [0.15, 0.2) is 0 Å². The van der Waals surface area contributed by atoms with Crippen molar-refractivity contribution < 1.29 is 8.42 Å². The number of fused-ring (bicyclic) bond motifs is 5. The fourth-order valence-electron chi connectivity index (χ4n) is 4.18. The predicted molar refractivity (Wildman–Crippen MR) is 97.7 cm³/mol. The highest BCUT2D eigenvalue weighted by atomic mass is 32.2. The van der Waals surface area contributed by atoms with E-state index >= 15 is 0 Å². The lowest BCUT2D eigenvalue weighted by atomic mass is 9.84. The first-order chi connectivity index (χ1) is 12.5. The summed E-state index contributed by atoms with van der Waals surface area (Å²) in [5.74, 6) is 0.183. The molecule has 5 rings (SSSR count). The van der Waals surface area contributed by atoms with E-state index in [4.69, 9.17) is 0 Å². The number of piperidine rings is 1. The zero-order valence-electron chi connectivity index (χ0n) is 13.8. The van der Waals surface area contributed by atoms with Crippen LogP contribution in [-0.2, 0) is 16.6 Å². The summed E-state index contributed by atoms with van der Waals surface area (Å²) in [6.45, 7) is 1.38. The van der Waals surface area contributed by atoms with Crippen LogP contribution in [0.3, 0.4) is 0 Å². The van der Waals surface area contributed by atoms with Crippen LogP contribution in [0.15, 0.2) is 46.1 Å². The van der Waals surface area contributed by atoms with Gasteiger partial charge in [-0.15, -0.1) is 0 Å². The molecule has 26 heavy (non-hydrogen) atoms. The molecule has 134 valence electrons. The number of nitrogens with zero attached hydrogens (tertiary/aromatic N) is 4. The van der Waals surface area contributed by atoms with Gasteiger partial charge in [0.05, 0.1) is 11.7 Å². The molecule has 0 radical (unpaired) electrons. The molecule has 1 aromatic carbocycles. The molecule has 7 nitrogen and oxygen atoms in total. The van der Waals surface area contributed by atoms with Crippen LogP contribution in [0, 0.1) is 5.92 Å². The number of hydrogen-bond acceptors (Lipinski definition) is 6. The van der Waals surface area contributed by atoms with Gasteiger partial charge in [-0.2, -0.15) is 13.1 Å². The van der Waals surface area contributed by atoms with Crippen LogP contribution >= 0.6 is 11.7 Å². The van der Waals surface area contributed by atoms with Crippen LogP contribution in [0.25, 0.3) is 11.0 Å². The lowest BCUT2D eigenvalue weighted by Crippen LogP contribution is -2.49. The van der Waals surface area contributed by atoms with E-state index in [-0.39, 0.29) is 22.3 Å². The molecule has 0 spiro atoms. The van der Waals surface area contributed by atoms with Crippen LogP contribution in [-0.4, -0.2) is 39.1 Å². The van der Waals surface area contributed by atoms with Crippen molar-refractivity contribution >= 4 is 32.8 Å². The van der Waals surface area contributed by atoms with Crippen molar-refractivity contribution in [3.63, 3.8) is 0 Å². The number of sulfonamides is 1. The van der Waals surface area contributed by atoms with Crippen LogP contribution in [0.5, 0.6) is 0 Å². The summed E-state index contributed by atoms with van der Waals surface area (Å²) in [6, 6.07) is 10.3. The third-order valence-corrected chi connectivity index (χ3v) is 7.72. The fraction of sp³-hybridized carbons (Fsp3) is 0.353. The molecule has 0 amide bonds. The van der Waals surface area contributed by atoms with Gasteiger partial charge in [0.2, 0.25) is 10.0 Å². The van der Waals surface area contributed by atoms with E-state index in [1.54, 1.807) is 39.2 Å². The molecule has 4 heterocycles. The third kappa shape index (κ3) is 2.34. The maximum Gasteiger partial charge on any atom is 0.250 e. The highest BCUT2D eigenvalue weighted by Gasteiger charge is 2.40. The van der Waals surface area contributed by atoms with E-state index in [2.05, 4.69) is 8.75 Å². The van der Waals surface area contributed by atoms with Crippen LogP contribution < -0.4 is 5.56 Å². The Hall–Kier alpha value is -2.10. The lowest BCUT2D eigenvalue weighted by molar-refractivity contribution is 0.186. The molecule has 0 saturated carbocycles. The molecule has 9 heteroatoms. The van der Waals surface area contributed by atoms with E-state index in [1.165, 1.54) is 0 Å². The Morgan fingerprint density at radius 2 is 1.88 bits per heavy atom. The smallest absolute Gasteiger partial charge is 0.250 e. The summed E-state index contributed by atoms with van der Waals surface area (Å²) < 4.78 is 38.3. The summed E-state index contributed by atoms with van der Waals surface area (Å²) in [4.78, 5) is 12.3. The van der Waals surface area contributed by atoms with Crippen molar-refractivity contribution in [1.29, 1.82) is 0 Å². The molecule has 2 aliphatic heterocycles. The molecular weight excluding hydrogens is 372 g/mol. The molecule has 0 aliphatic carbocycles.